The molecule has 2 aromatic rings. The number of carboxylic acids is 1. The summed E-state index contributed by atoms with van der Waals surface area (Å²) in [5.41, 5.74) is 0.569. The van der Waals surface area contributed by atoms with Crippen LogP contribution in [0, 0.1) is 5.82 Å². The standard InChI is InChI=1S/C13H13FN2O3/c14-9-2-1-3-10-11(9)16(12(15-10)13(17)18)8-4-6-19-7-5-8/h1-3,8H,4-7H2,(H,17,18)/p-1. The Morgan fingerprint density at radius 2 is 2.16 bits per heavy atom. The van der Waals surface area contributed by atoms with Gasteiger partial charge >= 0.3 is 0 Å². The highest BCUT2D eigenvalue weighted by Crippen LogP contribution is 2.29. The van der Waals surface area contributed by atoms with Gasteiger partial charge < -0.3 is 19.2 Å². The molecule has 0 bridgehead atoms. The van der Waals surface area contributed by atoms with Gasteiger partial charge in [0.1, 0.15) is 17.3 Å². The maximum atomic E-state index is 14.0. The van der Waals surface area contributed by atoms with Gasteiger partial charge in [0.05, 0.1) is 5.52 Å². The normalized spacial score (nSPS) is 16.9. The van der Waals surface area contributed by atoms with Crippen LogP contribution in [0.1, 0.15) is 29.5 Å². The summed E-state index contributed by atoms with van der Waals surface area (Å²) in [7, 11) is 0. The number of carboxylic acid groups (broad SMARTS) is 1. The summed E-state index contributed by atoms with van der Waals surface area (Å²) in [6, 6.07) is 4.29. The van der Waals surface area contributed by atoms with Gasteiger partial charge in [0, 0.05) is 19.3 Å². The molecule has 2 heterocycles. The van der Waals surface area contributed by atoms with E-state index in [0.717, 1.165) is 0 Å². The summed E-state index contributed by atoms with van der Waals surface area (Å²) in [6.45, 7) is 1.07. The second kappa shape index (κ2) is 4.62. The van der Waals surface area contributed by atoms with Crippen LogP contribution < -0.4 is 5.11 Å². The molecule has 0 radical (unpaired) electrons. The number of carbonyl (C=O) groups is 1. The first-order valence-corrected chi connectivity index (χ1v) is 6.14. The molecular weight excluding hydrogens is 251 g/mol. The minimum absolute atomic E-state index is 0.122. The fourth-order valence-electron chi connectivity index (χ4n) is 2.55. The van der Waals surface area contributed by atoms with Crippen molar-refractivity contribution in [1.29, 1.82) is 0 Å². The van der Waals surface area contributed by atoms with E-state index in [9.17, 15) is 14.3 Å². The number of aromatic nitrogens is 2. The third-order valence-electron chi connectivity index (χ3n) is 3.40. The number of rotatable bonds is 2. The van der Waals surface area contributed by atoms with Crippen LogP contribution in [0.15, 0.2) is 18.2 Å². The van der Waals surface area contributed by atoms with E-state index in [1.807, 2.05) is 0 Å². The Morgan fingerprint density at radius 1 is 1.42 bits per heavy atom. The highest BCUT2D eigenvalue weighted by molar-refractivity contribution is 5.89. The lowest BCUT2D eigenvalue weighted by Gasteiger charge is -2.26. The van der Waals surface area contributed by atoms with Crippen molar-refractivity contribution in [2.75, 3.05) is 13.2 Å². The smallest absolute Gasteiger partial charge is 0.157 e. The Morgan fingerprint density at radius 3 is 2.84 bits per heavy atom. The summed E-state index contributed by atoms with van der Waals surface area (Å²) in [6.07, 6.45) is 1.28. The number of benzene rings is 1. The monoisotopic (exact) mass is 263 g/mol. The van der Waals surface area contributed by atoms with E-state index < -0.39 is 11.8 Å². The average Bonchev–Trinajstić information content (AvgIpc) is 2.81. The van der Waals surface area contributed by atoms with Crippen molar-refractivity contribution in [1.82, 2.24) is 9.55 Å². The molecule has 1 aromatic carbocycles. The zero-order valence-electron chi connectivity index (χ0n) is 10.1. The molecule has 6 heteroatoms. The van der Waals surface area contributed by atoms with E-state index in [0.29, 0.717) is 31.6 Å². The predicted molar refractivity (Wildman–Crippen MR) is 63.1 cm³/mol. The number of ether oxygens (including phenoxy) is 1. The molecule has 0 spiro atoms. The third-order valence-corrected chi connectivity index (χ3v) is 3.40. The molecule has 1 aliphatic rings. The molecule has 1 aliphatic heterocycles. The first-order valence-electron chi connectivity index (χ1n) is 6.14. The molecule has 0 aliphatic carbocycles. The Balaban J connectivity index is 2.23. The number of carbonyl (C=O) groups excluding carboxylic acids is 1. The number of fused-ring (bicyclic) bond motifs is 1. The molecule has 0 saturated carbocycles. The minimum Gasteiger partial charge on any atom is -0.542 e. The Kier molecular flexibility index (Phi) is 2.94. The number of nitrogens with zero attached hydrogens (tertiary/aromatic N) is 2. The van der Waals surface area contributed by atoms with Crippen LogP contribution >= 0.6 is 0 Å². The van der Waals surface area contributed by atoms with Crippen LogP contribution in [0.3, 0.4) is 0 Å². The number of para-hydroxylation sites is 1. The average molecular weight is 263 g/mol. The van der Waals surface area contributed by atoms with Crippen LogP contribution in [0.5, 0.6) is 0 Å². The molecular formula is C13H12FN2O3-. The van der Waals surface area contributed by atoms with Crippen LogP contribution in [-0.4, -0.2) is 28.7 Å². The van der Waals surface area contributed by atoms with E-state index in [4.69, 9.17) is 4.74 Å². The number of hydrogen-bond acceptors (Lipinski definition) is 4. The zero-order valence-corrected chi connectivity index (χ0v) is 10.1. The van der Waals surface area contributed by atoms with Gasteiger partial charge in [-0.05, 0) is 25.0 Å². The first-order chi connectivity index (χ1) is 9.18. The summed E-state index contributed by atoms with van der Waals surface area (Å²) >= 11 is 0. The molecule has 5 nitrogen and oxygen atoms in total. The number of aromatic carboxylic acids is 1. The predicted octanol–water partition coefficient (Wildman–Crippen LogP) is 0.890. The lowest BCUT2D eigenvalue weighted by atomic mass is 10.1. The third kappa shape index (κ3) is 1.98. The molecule has 19 heavy (non-hydrogen) atoms. The van der Waals surface area contributed by atoms with E-state index >= 15 is 0 Å². The van der Waals surface area contributed by atoms with Crippen molar-refractivity contribution >= 4 is 17.0 Å². The Bertz CT molecular complexity index is 632. The summed E-state index contributed by atoms with van der Waals surface area (Å²) in [5.74, 6) is -2.07. The van der Waals surface area contributed by atoms with E-state index in [2.05, 4.69) is 4.98 Å². The maximum Gasteiger partial charge on any atom is 0.157 e. The van der Waals surface area contributed by atoms with Crippen LogP contribution in [0.2, 0.25) is 0 Å². The Hall–Kier alpha value is -1.95. The zero-order chi connectivity index (χ0) is 13.4. The SMILES string of the molecule is O=C([O-])c1nc2cccc(F)c2n1C1CCOCC1. The van der Waals surface area contributed by atoms with Crippen molar-refractivity contribution in [2.45, 2.75) is 18.9 Å². The van der Waals surface area contributed by atoms with Crippen molar-refractivity contribution < 1.29 is 19.0 Å². The second-order valence-electron chi connectivity index (χ2n) is 4.54. The molecule has 1 fully saturated rings. The molecule has 0 atom stereocenters. The van der Waals surface area contributed by atoms with E-state index in [-0.39, 0.29) is 17.4 Å². The molecule has 1 saturated heterocycles. The van der Waals surface area contributed by atoms with Crippen molar-refractivity contribution in [2.24, 2.45) is 0 Å². The highest BCUT2D eigenvalue weighted by atomic mass is 19.1. The van der Waals surface area contributed by atoms with Gasteiger partial charge in [-0.3, -0.25) is 0 Å². The van der Waals surface area contributed by atoms with Crippen molar-refractivity contribution in [3.8, 4) is 0 Å². The van der Waals surface area contributed by atoms with Gasteiger partial charge in [0.2, 0.25) is 0 Å². The van der Waals surface area contributed by atoms with Gasteiger partial charge in [-0.25, -0.2) is 9.37 Å². The van der Waals surface area contributed by atoms with Crippen molar-refractivity contribution in [3.05, 3.63) is 29.8 Å². The number of hydrogen-bond donors (Lipinski definition) is 0. The maximum absolute atomic E-state index is 14.0. The van der Waals surface area contributed by atoms with Crippen LogP contribution in [0.25, 0.3) is 11.0 Å². The molecule has 0 amide bonds. The summed E-state index contributed by atoms with van der Waals surface area (Å²) in [5, 5.41) is 11.2. The fourth-order valence-corrected chi connectivity index (χ4v) is 2.55. The van der Waals surface area contributed by atoms with Gasteiger partial charge in [0.25, 0.3) is 0 Å². The molecule has 100 valence electrons. The highest BCUT2D eigenvalue weighted by Gasteiger charge is 2.23. The quantitative estimate of drug-likeness (QED) is 0.807. The summed E-state index contributed by atoms with van der Waals surface area (Å²) < 4.78 is 20.7. The number of halogens is 1. The topological polar surface area (TPSA) is 67.2 Å². The van der Waals surface area contributed by atoms with Crippen molar-refractivity contribution in [3.63, 3.8) is 0 Å². The summed E-state index contributed by atoms with van der Waals surface area (Å²) in [4.78, 5) is 15.2. The molecule has 0 N–H and O–H groups in total. The fraction of sp³-hybridized carbons (Fsp3) is 0.385. The van der Waals surface area contributed by atoms with Crippen LogP contribution in [-0.2, 0) is 4.74 Å². The lowest BCUT2D eigenvalue weighted by molar-refractivity contribution is -0.256. The first kappa shape index (κ1) is 12.1. The van der Waals surface area contributed by atoms with Gasteiger partial charge in [-0.15, -0.1) is 0 Å². The minimum atomic E-state index is -1.39. The van der Waals surface area contributed by atoms with Gasteiger partial charge in [-0.1, -0.05) is 6.07 Å². The van der Waals surface area contributed by atoms with E-state index in [1.165, 1.54) is 16.7 Å². The second-order valence-corrected chi connectivity index (χ2v) is 4.54. The lowest BCUT2D eigenvalue weighted by Crippen LogP contribution is -2.30. The molecule has 0 unspecified atom stereocenters. The Labute approximate surface area is 108 Å². The van der Waals surface area contributed by atoms with E-state index in [1.54, 1.807) is 6.07 Å². The number of imidazole rings is 1. The molecule has 3 rings (SSSR count). The largest absolute Gasteiger partial charge is 0.542 e. The molecule has 1 aromatic heterocycles. The van der Waals surface area contributed by atoms with Gasteiger partial charge in [-0.2, -0.15) is 0 Å². The van der Waals surface area contributed by atoms with Gasteiger partial charge in [0.15, 0.2) is 5.82 Å². The van der Waals surface area contributed by atoms with Crippen LogP contribution in [0.4, 0.5) is 4.39 Å².